The lowest BCUT2D eigenvalue weighted by Gasteiger charge is -1.90. The second kappa shape index (κ2) is 8.16. The lowest BCUT2D eigenvalue weighted by atomic mass is 10.5. The molecule has 14 heavy (non-hydrogen) atoms. The third-order valence-electron chi connectivity index (χ3n) is 1.16. The van der Waals surface area contributed by atoms with E-state index in [2.05, 4.69) is 9.47 Å². The fraction of sp³-hybridized carbons (Fsp3) is 0.500. The maximum Gasteiger partial charge on any atom is 0.508 e. The monoisotopic (exact) mass is 200 g/mol. The van der Waals surface area contributed by atoms with E-state index in [1.54, 1.807) is 19.4 Å². The molecular weight excluding hydrogens is 184 g/mol. The van der Waals surface area contributed by atoms with Crippen molar-refractivity contribution in [3.63, 3.8) is 0 Å². The smallest absolute Gasteiger partial charge is 0.473 e. The van der Waals surface area contributed by atoms with Crippen molar-refractivity contribution in [3.05, 3.63) is 24.7 Å². The van der Waals surface area contributed by atoms with Crippen molar-refractivity contribution in [1.82, 2.24) is 0 Å². The van der Waals surface area contributed by atoms with Gasteiger partial charge in [0.1, 0.15) is 12.7 Å². The van der Waals surface area contributed by atoms with Gasteiger partial charge in [-0.1, -0.05) is 12.2 Å². The molecule has 0 aromatic rings. The molecule has 1 aliphatic heterocycles. The van der Waals surface area contributed by atoms with Crippen LogP contribution in [0.3, 0.4) is 0 Å². The highest BCUT2D eigenvalue weighted by Gasteiger charge is 2.19. The summed E-state index contributed by atoms with van der Waals surface area (Å²) in [4.78, 5) is 10.0. The summed E-state index contributed by atoms with van der Waals surface area (Å²) in [5, 5.41) is 0. The van der Waals surface area contributed by atoms with Gasteiger partial charge in [-0.05, 0) is 20.8 Å². The Morgan fingerprint density at radius 2 is 1.93 bits per heavy atom. The molecule has 1 fully saturated rings. The minimum atomic E-state index is -0.549. The molecule has 0 bridgehead atoms. The van der Waals surface area contributed by atoms with Crippen molar-refractivity contribution >= 4 is 6.16 Å². The molecule has 0 aromatic carbocycles. The van der Waals surface area contributed by atoms with Gasteiger partial charge in [0.15, 0.2) is 0 Å². The van der Waals surface area contributed by atoms with Gasteiger partial charge >= 0.3 is 6.16 Å². The lowest BCUT2D eigenvalue weighted by molar-refractivity contribution is 0.121. The average molecular weight is 200 g/mol. The van der Waals surface area contributed by atoms with Crippen LogP contribution in [0.5, 0.6) is 0 Å². The molecule has 0 radical (unpaired) electrons. The van der Waals surface area contributed by atoms with E-state index in [9.17, 15) is 4.79 Å². The number of carbonyl (C=O) groups excluding carboxylic acids is 1. The van der Waals surface area contributed by atoms with Crippen molar-refractivity contribution < 1.29 is 19.0 Å². The van der Waals surface area contributed by atoms with Crippen molar-refractivity contribution in [2.75, 3.05) is 6.61 Å². The molecule has 0 aliphatic carbocycles. The number of hydrogen-bond acceptors (Lipinski definition) is 4. The summed E-state index contributed by atoms with van der Waals surface area (Å²) in [6.45, 7) is 6.00. The van der Waals surface area contributed by atoms with E-state index in [0.29, 0.717) is 6.61 Å². The van der Waals surface area contributed by atoms with Gasteiger partial charge < -0.3 is 14.2 Å². The molecule has 1 atom stereocenters. The standard InChI is InChI=1S/C6H10O.C4H6O3/c1-3-5-7-6-4-2;1-3-2-6-4(5)7-3/h3-6H,1-2H3;3H,2H2,1H3/b5-3-,6-4-;. The molecule has 0 aromatic heterocycles. The van der Waals surface area contributed by atoms with E-state index in [1.165, 1.54) is 0 Å². The summed E-state index contributed by atoms with van der Waals surface area (Å²) in [5.74, 6) is 0. The van der Waals surface area contributed by atoms with Crippen LogP contribution >= 0.6 is 0 Å². The Kier molecular flexibility index (Phi) is 7.32. The molecule has 0 amide bonds. The predicted octanol–water partition coefficient (Wildman–Crippen LogP) is 2.61. The summed E-state index contributed by atoms with van der Waals surface area (Å²) in [5.41, 5.74) is 0. The van der Waals surface area contributed by atoms with Crippen LogP contribution in [-0.4, -0.2) is 18.9 Å². The summed E-state index contributed by atoms with van der Waals surface area (Å²) in [7, 11) is 0. The zero-order chi connectivity index (χ0) is 10.8. The maximum atomic E-state index is 10.0. The van der Waals surface area contributed by atoms with Crippen LogP contribution in [0.2, 0.25) is 0 Å². The van der Waals surface area contributed by atoms with Crippen LogP contribution in [0.15, 0.2) is 24.7 Å². The first-order valence-electron chi connectivity index (χ1n) is 4.42. The average Bonchev–Trinajstić information content (AvgIpc) is 2.52. The van der Waals surface area contributed by atoms with Crippen LogP contribution in [0, 0.1) is 0 Å². The molecule has 1 unspecified atom stereocenters. The third kappa shape index (κ3) is 7.21. The van der Waals surface area contributed by atoms with Crippen molar-refractivity contribution in [3.8, 4) is 0 Å². The normalized spacial score (nSPS) is 20.2. The quantitative estimate of drug-likeness (QED) is 0.507. The number of cyclic esters (lactones) is 2. The largest absolute Gasteiger partial charge is 0.508 e. The van der Waals surface area contributed by atoms with Crippen LogP contribution in [0.4, 0.5) is 4.79 Å². The van der Waals surface area contributed by atoms with E-state index in [1.807, 2.05) is 26.0 Å². The van der Waals surface area contributed by atoms with E-state index in [-0.39, 0.29) is 6.10 Å². The van der Waals surface area contributed by atoms with E-state index in [0.717, 1.165) is 0 Å². The topological polar surface area (TPSA) is 44.8 Å². The minimum Gasteiger partial charge on any atom is -0.473 e. The fourth-order valence-corrected chi connectivity index (χ4v) is 0.620. The first-order valence-corrected chi connectivity index (χ1v) is 4.42. The van der Waals surface area contributed by atoms with Crippen LogP contribution in [0.25, 0.3) is 0 Å². The summed E-state index contributed by atoms with van der Waals surface area (Å²) >= 11 is 0. The van der Waals surface area contributed by atoms with Gasteiger partial charge in [0.25, 0.3) is 0 Å². The van der Waals surface area contributed by atoms with Crippen molar-refractivity contribution in [1.29, 1.82) is 0 Å². The second-order valence-electron chi connectivity index (χ2n) is 2.56. The Bertz CT molecular complexity index is 198. The van der Waals surface area contributed by atoms with Gasteiger partial charge in [0.2, 0.25) is 0 Å². The molecule has 0 spiro atoms. The van der Waals surface area contributed by atoms with Gasteiger partial charge in [0, 0.05) is 0 Å². The zero-order valence-corrected chi connectivity index (χ0v) is 8.73. The van der Waals surface area contributed by atoms with E-state index < -0.39 is 6.16 Å². The zero-order valence-electron chi connectivity index (χ0n) is 8.73. The molecule has 1 heterocycles. The summed E-state index contributed by atoms with van der Waals surface area (Å²) < 4.78 is 13.7. The first-order chi connectivity index (χ1) is 6.70. The van der Waals surface area contributed by atoms with Gasteiger partial charge in [-0.25, -0.2) is 4.79 Å². The lowest BCUT2D eigenvalue weighted by Crippen LogP contribution is -2.01. The highest BCUT2D eigenvalue weighted by atomic mass is 16.8. The highest BCUT2D eigenvalue weighted by Crippen LogP contribution is 2.02. The number of allylic oxidation sites excluding steroid dienone is 2. The van der Waals surface area contributed by atoms with Crippen molar-refractivity contribution in [2.45, 2.75) is 26.9 Å². The number of rotatable bonds is 2. The second-order valence-corrected chi connectivity index (χ2v) is 2.56. The molecule has 1 saturated heterocycles. The molecule has 0 N–H and O–H groups in total. The molecule has 1 rings (SSSR count). The number of hydrogen-bond donors (Lipinski definition) is 0. The SMILES string of the molecule is C/C=C\O/C=C\C.CC1COC(=O)O1. The van der Waals surface area contributed by atoms with Gasteiger partial charge in [-0.15, -0.1) is 0 Å². The minimum absolute atomic E-state index is 0.0486. The van der Waals surface area contributed by atoms with Gasteiger partial charge in [-0.3, -0.25) is 0 Å². The molecule has 1 aliphatic rings. The van der Waals surface area contributed by atoms with E-state index >= 15 is 0 Å². The highest BCUT2D eigenvalue weighted by molar-refractivity contribution is 5.61. The van der Waals surface area contributed by atoms with Crippen LogP contribution in [-0.2, 0) is 14.2 Å². The molecule has 4 heteroatoms. The first kappa shape index (κ1) is 12.6. The fourth-order valence-electron chi connectivity index (χ4n) is 0.620. The Hall–Kier alpha value is -1.45. The Labute approximate surface area is 84.1 Å². The maximum absolute atomic E-state index is 10.0. The van der Waals surface area contributed by atoms with Crippen LogP contribution in [0.1, 0.15) is 20.8 Å². The third-order valence-corrected chi connectivity index (χ3v) is 1.16. The number of carbonyl (C=O) groups is 1. The molecule has 0 saturated carbocycles. The molecular formula is C10H16O4. The van der Waals surface area contributed by atoms with Gasteiger partial charge in [0.05, 0.1) is 12.5 Å². The molecule has 4 nitrogen and oxygen atoms in total. The Morgan fingerprint density at radius 1 is 1.36 bits per heavy atom. The van der Waals surface area contributed by atoms with Crippen molar-refractivity contribution in [2.24, 2.45) is 0 Å². The summed E-state index contributed by atoms with van der Waals surface area (Å²) in [6, 6.07) is 0. The molecule has 80 valence electrons. The Balaban J connectivity index is 0.000000241. The Morgan fingerprint density at radius 3 is 2.14 bits per heavy atom. The van der Waals surface area contributed by atoms with Crippen LogP contribution < -0.4 is 0 Å². The van der Waals surface area contributed by atoms with E-state index in [4.69, 9.17) is 4.74 Å². The summed E-state index contributed by atoms with van der Waals surface area (Å²) in [6.07, 6.45) is 6.32. The number of ether oxygens (including phenoxy) is 3. The predicted molar refractivity (Wildman–Crippen MR) is 52.6 cm³/mol. The van der Waals surface area contributed by atoms with Gasteiger partial charge in [-0.2, -0.15) is 0 Å².